The molecule has 0 bridgehead atoms. The average Bonchev–Trinajstić information content (AvgIpc) is 2.22. The molecule has 0 aliphatic heterocycles. The molecule has 0 saturated carbocycles. The zero-order valence-corrected chi connectivity index (χ0v) is 10.2. The van der Waals surface area contributed by atoms with Gasteiger partial charge in [0.2, 0.25) is 0 Å². The first-order chi connectivity index (χ1) is 6.99. The van der Waals surface area contributed by atoms with Gasteiger partial charge in [0, 0.05) is 16.6 Å². The number of nitrogens with two attached hydrogens (primary N) is 1. The number of rotatable bonds is 3. The summed E-state index contributed by atoms with van der Waals surface area (Å²) in [5.41, 5.74) is 6.25. The molecular weight excluding hydrogens is 236 g/mol. The van der Waals surface area contributed by atoms with Crippen LogP contribution in [0, 0.1) is 11.7 Å². The maximum absolute atomic E-state index is 13.7. The molecule has 0 amide bonds. The molecule has 4 heteroatoms. The number of hydrogen-bond acceptors (Lipinski definition) is 1. The predicted octanol–water partition coefficient (Wildman–Crippen LogP) is 4.18. The molecule has 0 saturated heterocycles. The summed E-state index contributed by atoms with van der Waals surface area (Å²) in [6, 6.07) is 2.59. The first-order valence-corrected chi connectivity index (χ1v) is 5.63. The monoisotopic (exact) mass is 249 g/mol. The zero-order chi connectivity index (χ0) is 11.6. The van der Waals surface area contributed by atoms with Crippen molar-refractivity contribution >= 4 is 23.2 Å². The minimum atomic E-state index is -0.503. The maximum atomic E-state index is 13.7. The molecule has 1 aromatic carbocycles. The molecule has 84 valence electrons. The largest absolute Gasteiger partial charge is 0.324 e. The van der Waals surface area contributed by atoms with Crippen molar-refractivity contribution in [1.29, 1.82) is 0 Å². The fourth-order valence-corrected chi connectivity index (χ4v) is 1.82. The van der Waals surface area contributed by atoms with E-state index in [9.17, 15) is 4.39 Å². The Labute approximate surface area is 99.4 Å². The average molecular weight is 250 g/mol. The minimum Gasteiger partial charge on any atom is -0.324 e. The van der Waals surface area contributed by atoms with Gasteiger partial charge in [0.25, 0.3) is 0 Å². The third-order valence-corrected chi connectivity index (χ3v) is 3.29. The fraction of sp³-hybridized carbons (Fsp3) is 0.455. The first kappa shape index (κ1) is 12.8. The van der Waals surface area contributed by atoms with E-state index in [-0.39, 0.29) is 10.9 Å². The van der Waals surface area contributed by atoms with Crippen molar-refractivity contribution in [1.82, 2.24) is 0 Å². The van der Waals surface area contributed by atoms with Crippen LogP contribution in [0.25, 0.3) is 0 Å². The molecule has 0 aliphatic carbocycles. The van der Waals surface area contributed by atoms with E-state index in [1.54, 1.807) is 6.07 Å². The lowest BCUT2D eigenvalue weighted by Crippen LogP contribution is -2.20. The Bertz CT molecular complexity index is 355. The lowest BCUT2D eigenvalue weighted by molar-refractivity contribution is 0.439. The molecule has 0 spiro atoms. The summed E-state index contributed by atoms with van der Waals surface area (Å²) in [5.74, 6) is -0.340. The second-order valence-electron chi connectivity index (χ2n) is 3.67. The van der Waals surface area contributed by atoms with Gasteiger partial charge in [0.05, 0.1) is 5.02 Å². The van der Waals surface area contributed by atoms with Crippen LogP contribution in [0.1, 0.15) is 31.9 Å². The van der Waals surface area contributed by atoms with E-state index in [1.807, 2.05) is 13.8 Å². The van der Waals surface area contributed by atoms with Crippen molar-refractivity contribution in [3.05, 3.63) is 33.6 Å². The quantitative estimate of drug-likeness (QED) is 0.800. The van der Waals surface area contributed by atoms with Crippen LogP contribution < -0.4 is 5.73 Å². The molecule has 1 nitrogen and oxygen atoms in total. The van der Waals surface area contributed by atoms with Crippen LogP contribution in [-0.2, 0) is 0 Å². The molecule has 1 unspecified atom stereocenters. The van der Waals surface area contributed by atoms with Gasteiger partial charge in [0.1, 0.15) is 5.82 Å². The topological polar surface area (TPSA) is 26.0 Å². The van der Waals surface area contributed by atoms with Crippen LogP contribution in [0.15, 0.2) is 12.1 Å². The second kappa shape index (κ2) is 5.15. The minimum absolute atomic E-state index is 0.0631. The van der Waals surface area contributed by atoms with Gasteiger partial charge in [-0.3, -0.25) is 0 Å². The molecule has 0 fully saturated rings. The van der Waals surface area contributed by atoms with E-state index < -0.39 is 11.9 Å². The van der Waals surface area contributed by atoms with Crippen molar-refractivity contribution in [3.8, 4) is 0 Å². The van der Waals surface area contributed by atoms with E-state index in [2.05, 4.69) is 0 Å². The van der Waals surface area contributed by atoms with Crippen molar-refractivity contribution in [3.63, 3.8) is 0 Å². The van der Waals surface area contributed by atoms with Gasteiger partial charge in [-0.2, -0.15) is 0 Å². The highest BCUT2D eigenvalue weighted by Gasteiger charge is 2.21. The molecule has 1 aromatic rings. The summed E-state index contributed by atoms with van der Waals surface area (Å²) in [4.78, 5) is 0. The Kier molecular flexibility index (Phi) is 4.38. The van der Waals surface area contributed by atoms with E-state index in [0.717, 1.165) is 6.42 Å². The first-order valence-electron chi connectivity index (χ1n) is 4.88. The number of halogens is 3. The summed E-state index contributed by atoms with van der Waals surface area (Å²) in [5, 5.41) is 0.401. The lowest BCUT2D eigenvalue weighted by atomic mass is 9.93. The predicted molar refractivity (Wildman–Crippen MR) is 62.8 cm³/mol. The Hall–Kier alpha value is -0.310. The van der Waals surface area contributed by atoms with Gasteiger partial charge in [-0.15, -0.1) is 0 Å². The summed E-state index contributed by atoms with van der Waals surface area (Å²) in [6.07, 6.45) is 0.865. The van der Waals surface area contributed by atoms with Crippen molar-refractivity contribution in [2.75, 3.05) is 0 Å². The summed E-state index contributed by atoms with van der Waals surface area (Å²) >= 11 is 11.6. The highest BCUT2D eigenvalue weighted by Crippen LogP contribution is 2.33. The van der Waals surface area contributed by atoms with Crippen LogP contribution in [0.3, 0.4) is 0 Å². The summed E-state index contributed by atoms with van der Waals surface area (Å²) < 4.78 is 13.7. The molecule has 2 atom stereocenters. The normalized spacial score (nSPS) is 15.1. The van der Waals surface area contributed by atoms with Gasteiger partial charge >= 0.3 is 0 Å². The number of benzene rings is 1. The Morgan fingerprint density at radius 2 is 1.87 bits per heavy atom. The lowest BCUT2D eigenvalue weighted by Gasteiger charge is -2.20. The van der Waals surface area contributed by atoms with Crippen LogP contribution in [0.5, 0.6) is 0 Å². The van der Waals surface area contributed by atoms with Gasteiger partial charge in [0.15, 0.2) is 0 Å². The molecule has 0 aromatic heterocycles. The van der Waals surface area contributed by atoms with E-state index >= 15 is 0 Å². The zero-order valence-electron chi connectivity index (χ0n) is 8.73. The Balaban J connectivity index is 3.18. The molecule has 0 aliphatic rings. The molecule has 1 rings (SSSR count). The highest BCUT2D eigenvalue weighted by molar-refractivity contribution is 6.33. The molecule has 0 radical (unpaired) electrons. The number of hydrogen-bond donors (Lipinski definition) is 1. The van der Waals surface area contributed by atoms with E-state index in [1.165, 1.54) is 6.07 Å². The molecule has 15 heavy (non-hydrogen) atoms. The Morgan fingerprint density at radius 1 is 1.33 bits per heavy atom. The van der Waals surface area contributed by atoms with E-state index in [0.29, 0.717) is 10.6 Å². The third kappa shape index (κ3) is 2.63. The van der Waals surface area contributed by atoms with Gasteiger partial charge in [-0.1, -0.05) is 43.5 Å². The van der Waals surface area contributed by atoms with Crippen molar-refractivity contribution in [2.45, 2.75) is 26.3 Å². The van der Waals surface area contributed by atoms with Gasteiger partial charge in [-0.25, -0.2) is 4.39 Å². The summed E-state index contributed by atoms with van der Waals surface area (Å²) in [6.45, 7) is 3.96. The second-order valence-corrected chi connectivity index (χ2v) is 4.48. The smallest absolute Gasteiger partial charge is 0.148 e. The van der Waals surface area contributed by atoms with Gasteiger partial charge in [-0.05, 0) is 18.1 Å². The van der Waals surface area contributed by atoms with Crippen molar-refractivity contribution < 1.29 is 4.39 Å². The SMILES string of the molecule is CCC(C)[C@@H](N)c1c(Cl)ccc(Cl)c1F. The summed E-state index contributed by atoms with van der Waals surface area (Å²) in [7, 11) is 0. The van der Waals surface area contributed by atoms with Crippen LogP contribution in [0.2, 0.25) is 10.0 Å². The highest BCUT2D eigenvalue weighted by atomic mass is 35.5. The molecule has 0 heterocycles. The molecular formula is C11H14Cl2FN. The van der Waals surface area contributed by atoms with Crippen LogP contribution in [-0.4, -0.2) is 0 Å². The third-order valence-electron chi connectivity index (χ3n) is 2.67. The Morgan fingerprint density at radius 3 is 2.40 bits per heavy atom. The van der Waals surface area contributed by atoms with Crippen molar-refractivity contribution in [2.24, 2.45) is 11.7 Å². The van der Waals surface area contributed by atoms with Gasteiger partial charge < -0.3 is 5.73 Å². The molecule has 2 N–H and O–H groups in total. The van der Waals surface area contributed by atoms with E-state index in [4.69, 9.17) is 28.9 Å². The maximum Gasteiger partial charge on any atom is 0.148 e. The van der Waals surface area contributed by atoms with Crippen LogP contribution in [0.4, 0.5) is 4.39 Å². The fourth-order valence-electron chi connectivity index (χ4n) is 1.39. The standard InChI is InChI=1S/C11H14Cl2FN/c1-3-6(2)11(15)9-7(12)4-5-8(13)10(9)14/h4-6,11H,3,15H2,1-2H3/t6?,11-/m1/s1. The van der Waals surface area contributed by atoms with Crippen LogP contribution >= 0.6 is 23.2 Å².